The minimum atomic E-state index is 0.330. The maximum absolute atomic E-state index is 12.3. The maximum atomic E-state index is 12.3. The van der Waals surface area contributed by atoms with Crippen molar-refractivity contribution < 1.29 is 4.79 Å². The molecule has 3 heterocycles. The molecule has 98 valence electrons. The highest BCUT2D eigenvalue weighted by atomic mass is 32.2. The van der Waals surface area contributed by atoms with Crippen molar-refractivity contribution in [3.05, 3.63) is 0 Å². The summed E-state index contributed by atoms with van der Waals surface area (Å²) in [6.07, 6.45) is 3.53. The second-order valence-corrected chi connectivity index (χ2v) is 6.00. The van der Waals surface area contributed by atoms with Crippen molar-refractivity contribution in [2.75, 3.05) is 24.6 Å². The van der Waals surface area contributed by atoms with Crippen LogP contribution in [0.3, 0.4) is 0 Å². The van der Waals surface area contributed by atoms with Crippen LogP contribution in [0.5, 0.6) is 0 Å². The molecule has 3 saturated heterocycles. The fourth-order valence-corrected chi connectivity index (χ4v) is 4.29. The van der Waals surface area contributed by atoms with E-state index in [4.69, 9.17) is 0 Å². The van der Waals surface area contributed by atoms with Crippen LogP contribution in [0.2, 0.25) is 0 Å². The topological polar surface area (TPSA) is 32.3 Å². The number of carbonyl (C=O) groups excluding carboxylic acids is 1. The van der Waals surface area contributed by atoms with Gasteiger partial charge in [0.05, 0.1) is 0 Å². The summed E-state index contributed by atoms with van der Waals surface area (Å²) < 4.78 is 0. The van der Waals surface area contributed by atoms with Gasteiger partial charge in [0.1, 0.15) is 0 Å². The Morgan fingerprint density at radius 3 is 2.35 bits per heavy atom. The molecule has 17 heavy (non-hydrogen) atoms. The molecule has 1 amide bonds. The monoisotopic (exact) mass is 256 g/mol. The summed E-state index contributed by atoms with van der Waals surface area (Å²) in [4.78, 5) is 14.6. The van der Waals surface area contributed by atoms with Gasteiger partial charge < -0.3 is 10.2 Å². The predicted octanol–water partition coefficient (Wildman–Crippen LogP) is 1.73. The zero-order chi connectivity index (χ0) is 12.3. The van der Waals surface area contributed by atoms with Crippen molar-refractivity contribution in [3.8, 4) is 0 Å². The third-order valence-corrected chi connectivity index (χ3v) is 5.08. The van der Waals surface area contributed by atoms with Gasteiger partial charge in [-0.1, -0.05) is 13.8 Å². The fourth-order valence-electron chi connectivity index (χ4n) is 3.08. The van der Waals surface area contributed by atoms with Crippen LogP contribution in [0.4, 0.5) is 0 Å². The molecular weight excluding hydrogens is 232 g/mol. The number of thioether (sulfide) groups is 1. The van der Waals surface area contributed by atoms with Crippen LogP contribution in [0.25, 0.3) is 0 Å². The van der Waals surface area contributed by atoms with E-state index in [0.29, 0.717) is 23.9 Å². The lowest BCUT2D eigenvalue weighted by molar-refractivity contribution is -0.138. The molecule has 2 bridgehead atoms. The summed E-state index contributed by atoms with van der Waals surface area (Å²) in [5.41, 5.74) is 0. The summed E-state index contributed by atoms with van der Waals surface area (Å²) >= 11 is 1.93. The van der Waals surface area contributed by atoms with Crippen molar-refractivity contribution in [1.29, 1.82) is 0 Å². The van der Waals surface area contributed by atoms with E-state index in [1.165, 1.54) is 18.6 Å². The number of fused-ring (bicyclic) bond motifs is 2. The molecule has 0 aromatic rings. The standard InChI is InChI=1S/C11H18N2OS.C2H6/c14-11(8-3-4-15-7-8)13-9-1-2-10(13)6-12-5-9;1-2/h8-10,12H,1-7H2;1-2H3. The number of piperazine rings is 1. The van der Waals surface area contributed by atoms with Crippen molar-refractivity contribution in [2.45, 2.75) is 45.2 Å². The lowest BCUT2D eigenvalue weighted by Crippen LogP contribution is -2.55. The molecule has 3 aliphatic rings. The van der Waals surface area contributed by atoms with Crippen LogP contribution >= 0.6 is 11.8 Å². The van der Waals surface area contributed by atoms with Gasteiger partial charge in [-0.3, -0.25) is 4.79 Å². The van der Waals surface area contributed by atoms with Crippen LogP contribution in [0.1, 0.15) is 33.1 Å². The van der Waals surface area contributed by atoms with Gasteiger partial charge in [0.25, 0.3) is 0 Å². The third kappa shape index (κ3) is 2.63. The summed E-state index contributed by atoms with van der Waals surface area (Å²) in [6, 6.07) is 1.00. The van der Waals surface area contributed by atoms with Gasteiger partial charge in [0.2, 0.25) is 5.91 Å². The first-order valence-electron chi connectivity index (χ1n) is 6.97. The quantitative estimate of drug-likeness (QED) is 0.775. The van der Waals surface area contributed by atoms with Gasteiger partial charge in [-0.25, -0.2) is 0 Å². The zero-order valence-corrected chi connectivity index (χ0v) is 11.8. The van der Waals surface area contributed by atoms with Crippen molar-refractivity contribution in [2.24, 2.45) is 5.92 Å². The van der Waals surface area contributed by atoms with Crippen molar-refractivity contribution in [1.82, 2.24) is 10.2 Å². The molecule has 3 aliphatic heterocycles. The largest absolute Gasteiger partial charge is 0.334 e. The van der Waals surface area contributed by atoms with E-state index in [9.17, 15) is 4.79 Å². The minimum absolute atomic E-state index is 0.330. The number of rotatable bonds is 1. The van der Waals surface area contributed by atoms with E-state index in [0.717, 1.165) is 25.3 Å². The molecule has 3 atom stereocenters. The Hall–Kier alpha value is -0.220. The van der Waals surface area contributed by atoms with Gasteiger partial charge in [0, 0.05) is 36.8 Å². The van der Waals surface area contributed by atoms with Crippen molar-refractivity contribution in [3.63, 3.8) is 0 Å². The molecule has 3 fully saturated rings. The van der Waals surface area contributed by atoms with Crippen LogP contribution in [0.15, 0.2) is 0 Å². The Labute approximate surface area is 109 Å². The number of hydrogen-bond acceptors (Lipinski definition) is 3. The molecule has 0 aromatic heterocycles. The van der Waals surface area contributed by atoms with E-state index < -0.39 is 0 Å². The number of nitrogens with one attached hydrogen (secondary N) is 1. The zero-order valence-electron chi connectivity index (χ0n) is 10.9. The average Bonchev–Trinajstić information content (AvgIpc) is 2.98. The molecule has 3 nitrogen and oxygen atoms in total. The lowest BCUT2D eigenvalue weighted by Gasteiger charge is -2.36. The molecule has 3 unspecified atom stereocenters. The van der Waals surface area contributed by atoms with Crippen LogP contribution < -0.4 is 5.32 Å². The average molecular weight is 256 g/mol. The van der Waals surface area contributed by atoms with Crippen molar-refractivity contribution >= 4 is 17.7 Å². The summed E-state index contributed by atoms with van der Waals surface area (Å²) in [5.74, 6) is 3.02. The van der Waals surface area contributed by atoms with E-state index in [1.54, 1.807) is 0 Å². The number of carbonyl (C=O) groups is 1. The van der Waals surface area contributed by atoms with E-state index in [2.05, 4.69) is 10.2 Å². The molecule has 0 spiro atoms. The highest BCUT2D eigenvalue weighted by Crippen LogP contribution is 2.32. The molecular formula is C13H24N2OS. The Morgan fingerprint density at radius 2 is 1.82 bits per heavy atom. The Kier molecular flexibility index (Phi) is 4.74. The lowest BCUT2D eigenvalue weighted by atomic mass is 10.1. The number of amides is 1. The van der Waals surface area contributed by atoms with E-state index in [1.807, 2.05) is 25.6 Å². The van der Waals surface area contributed by atoms with Gasteiger partial charge in [-0.05, 0) is 25.0 Å². The summed E-state index contributed by atoms with van der Waals surface area (Å²) in [7, 11) is 0. The van der Waals surface area contributed by atoms with E-state index in [-0.39, 0.29) is 0 Å². The smallest absolute Gasteiger partial charge is 0.227 e. The van der Waals surface area contributed by atoms with Gasteiger partial charge in [0.15, 0.2) is 0 Å². The van der Waals surface area contributed by atoms with Gasteiger partial charge in [-0.15, -0.1) is 0 Å². The van der Waals surface area contributed by atoms with Crippen LogP contribution in [0, 0.1) is 5.92 Å². The van der Waals surface area contributed by atoms with E-state index >= 15 is 0 Å². The SMILES string of the molecule is CC.O=C(C1CCSC1)N1C2CCC1CNC2. The summed E-state index contributed by atoms with van der Waals surface area (Å²) in [6.45, 7) is 6.03. The molecule has 3 rings (SSSR count). The molecule has 0 aromatic carbocycles. The first-order chi connectivity index (χ1) is 8.36. The van der Waals surface area contributed by atoms with Gasteiger partial charge in [-0.2, -0.15) is 11.8 Å². The number of nitrogens with zero attached hydrogens (tertiary/aromatic N) is 1. The second-order valence-electron chi connectivity index (χ2n) is 4.85. The van der Waals surface area contributed by atoms with Crippen LogP contribution in [-0.2, 0) is 4.79 Å². The first kappa shape index (κ1) is 13.2. The molecule has 0 radical (unpaired) electrons. The normalized spacial score (nSPS) is 35.4. The highest BCUT2D eigenvalue weighted by Gasteiger charge is 2.42. The Morgan fingerprint density at radius 1 is 1.18 bits per heavy atom. The maximum Gasteiger partial charge on any atom is 0.227 e. The Bertz CT molecular complexity index is 250. The van der Waals surface area contributed by atoms with Crippen LogP contribution in [-0.4, -0.2) is 47.5 Å². The molecule has 1 N–H and O–H groups in total. The predicted molar refractivity (Wildman–Crippen MR) is 73.3 cm³/mol. The van der Waals surface area contributed by atoms with Gasteiger partial charge >= 0.3 is 0 Å². The fraction of sp³-hybridized carbons (Fsp3) is 0.923. The third-order valence-electron chi connectivity index (χ3n) is 3.91. The number of hydrogen-bond donors (Lipinski definition) is 1. The minimum Gasteiger partial charge on any atom is -0.334 e. The second kappa shape index (κ2) is 6.10. The summed E-state index contributed by atoms with van der Waals surface area (Å²) in [5, 5.41) is 3.42. The highest BCUT2D eigenvalue weighted by molar-refractivity contribution is 7.99. The molecule has 0 saturated carbocycles. The Balaban J connectivity index is 0.000000514. The molecule has 4 heteroatoms. The first-order valence-corrected chi connectivity index (χ1v) is 8.12. The molecule has 0 aliphatic carbocycles.